The molecule has 2 aliphatic carbocycles. The maximum Gasteiger partial charge on any atom is 0.0110 e. The number of hydrogen-bond acceptors (Lipinski definition) is 24. The molecule has 658 valence electrons. The summed E-state index contributed by atoms with van der Waals surface area (Å²) in [7, 11) is 0. The Morgan fingerprint density at radius 1 is 0.119 bits per heavy atom. The van der Waals surface area contributed by atoms with E-state index in [1.54, 1.807) is 0 Å². The van der Waals surface area contributed by atoms with Crippen molar-refractivity contribution in [2.75, 3.05) is 288 Å². The molecule has 0 aliphatic heterocycles. The van der Waals surface area contributed by atoms with Gasteiger partial charge in [0.2, 0.25) is 0 Å². The minimum Gasteiger partial charge on any atom is -0.330 e. The van der Waals surface area contributed by atoms with Crippen LogP contribution in [0.2, 0.25) is 0 Å². The second-order valence-corrected chi connectivity index (χ2v) is 31.6. The third kappa shape index (κ3) is 90.8. The predicted molar refractivity (Wildman–Crippen MR) is 481 cm³/mol. The SMILES string of the molecule is C1CC1.C1CCC1.NCCCCCCCN(CCCCCCCCCCCN(CCCN)CCCN(CCCCCCCN)CCCCCCCN)CCCNCCCN.NCCNCCN(CCNCCCCCNCCCCCN(CCN)CCN(CCNCCN)CCNCCN)CCN(CCN)CCN. The van der Waals surface area contributed by atoms with Crippen LogP contribution in [0, 0.1) is 0 Å². The Morgan fingerprint density at radius 2 is 0.312 bits per heavy atom. The lowest BCUT2D eigenvalue weighted by molar-refractivity contribution is 0.204. The second-order valence-electron chi connectivity index (χ2n) is 31.6. The van der Waals surface area contributed by atoms with Crippen LogP contribution in [-0.4, -0.2) is 322 Å². The summed E-state index contributed by atoms with van der Waals surface area (Å²) in [6, 6.07) is 0. The van der Waals surface area contributed by atoms with Crippen molar-refractivity contribution in [3.05, 3.63) is 0 Å². The molecule has 0 spiro atoms. The molecule has 2 rings (SSSR count). The predicted octanol–water partition coefficient (Wildman–Crippen LogP) is 6.16. The number of unbranched alkanes of at least 4 members (excludes halogenated alkanes) is 24. The minimum atomic E-state index is 0.675. The topological polar surface area (TPSA) is 381 Å². The number of nitrogens with one attached hydrogen (secondary N) is 6. The molecular formula is C85H198N24. The quantitative estimate of drug-likeness (QED) is 0.0303. The van der Waals surface area contributed by atoms with Gasteiger partial charge in [-0.05, 0) is 234 Å². The lowest BCUT2D eigenvalue weighted by atomic mass is 10.0. The van der Waals surface area contributed by atoms with Gasteiger partial charge in [-0.3, -0.25) is 14.7 Å². The zero-order valence-electron chi connectivity index (χ0n) is 72.6. The van der Waals surface area contributed by atoms with Crippen molar-refractivity contribution in [3.63, 3.8) is 0 Å². The summed E-state index contributed by atoms with van der Waals surface area (Å²) in [5, 5.41) is 21.1. The van der Waals surface area contributed by atoms with E-state index in [1.807, 2.05) is 0 Å². The number of rotatable bonds is 89. The molecule has 2 aliphatic rings. The molecule has 0 unspecified atom stereocenters. The molecule has 0 aromatic heterocycles. The van der Waals surface area contributed by atoms with E-state index in [4.69, 9.17) is 63.1 Å². The van der Waals surface area contributed by atoms with Gasteiger partial charge in [-0.15, -0.1) is 0 Å². The van der Waals surface area contributed by atoms with Crippen LogP contribution in [-0.2, 0) is 0 Å². The van der Waals surface area contributed by atoms with Crippen LogP contribution in [0.4, 0.5) is 0 Å². The highest BCUT2D eigenvalue weighted by molar-refractivity contribution is 4.72. The van der Waals surface area contributed by atoms with E-state index in [2.05, 4.69) is 66.2 Å². The van der Waals surface area contributed by atoms with E-state index in [0.717, 1.165) is 209 Å². The van der Waals surface area contributed by atoms with Gasteiger partial charge in [0.25, 0.3) is 0 Å². The summed E-state index contributed by atoms with van der Waals surface area (Å²) in [5.74, 6) is 0. The molecule has 0 aromatic rings. The van der Waals surface area contributed by atoms with Gasteiger partial charge in [0.1, 0.15) is 0 Å². The van der Waals surface area contributed by atoms with Gasteiger partial charge in [-0.2, -0.15) is 0 Å². The highest BCUT2D eigenvalue weighted by atomic mass is 15.2. The summed E-state index contributed by atoms with van der Waals surface area (Å²) < 4.78 is 0. The molecule has 0 amide bonds. The van der Waals surface area contributed by atoms with Gasteiger partial charge in [0, 0.05) is 157 Å². The summed E-state index contributed by atoms with van der Waals surface area (Å²) in [6.07, 6.45) is 54.6. The number of nitrogens with zero attached hydrogens (tertiary/aromatic N) is 7. The molecule has 109 heavy (non-hydrogen) atoms. The van der Waals surface area contributed by atoms with Crippen LogP contribution >= 0.6 is 0 Å². The van der Waals surface area contributed by atoms with E-state index < -0.39 is 0 Å². The molecule has 0 aromatic carbocycles. The molecule has 2 fully saturated rings. The van der Waals surface area contributed by atoms with Crippen LogP contribution in [0.5, 0.6) is 0 Å². The molecule has 24 nitrogen and oxygen atoms in total. The Labute approximate surface area is 677 Å². The lowest BCUT2D eigenvalue weighted by Gasteiger charge is -2.28. The van der Waals surface area contributed by atoms with Crippen molar-refractivity contribution in [1.29, 1.82) is 0 Å². The van der Waals surface area contributed by atoms with Gasteiger partial charge in [-0.25, -0.2) is 0 Å². The summed E-state index contributed by atoms with van der Waals surface area (Å²) in [6.45, 7) is 43.5. The highest BCUT2D eigenvalue weighted by Crippen LogP contribution is 2.16. The minimum absolute atomic E-state index is 0.675. The first-order valence-corrected chi connectivity index (χ1v) is 46.9. The zero-order valence-corrected chi connectivity index (χ0v) is 72.6. The molecule has 2 saturated carbocycles. The Kier molecular flexibility index (Phi) is 98.6. The average Bonchev–Trinajstić information content (AvgIpc) is 1.79. The van der Waals surface area contributed by atoms with Crippen molar-refractivity contribution in [3.8, 4) is 0 Å². The fraction of sp³-hybridized carbons (Fsp3) is 1.00. The fourth-order valence-corrected chi connectivity index (χ4v) is 13.6. The van der Waals surface area contributed by atoms with Crippen LogP contribution < -0.4 is 95.0 Å². The second kappa shape index (κ2) is 97.6. The summed E-state index contributed by atoms with van der Waals surface area (Å²) in [5.41, 5.74) is 63.0. The van der Waals surface area contributed by atoms with E-state index in [1.165, 1.54) is 303 Å². The lowest BCUT2D eigenvalue weighted by Crippen LogP contribution is -2.44. The van der Waals surface area contributed by atoms with Crippen LogP contribution in [0.1, 0.15) is 263 Å². The molecular weight excluding hydrogens is 1360 g/mol. The Bertz CT molecular complexity index is 1540. The van der Waals surface area contributed by atoms with Crippen molar-refractivity contribution in [2.24, 2.45) is 63.1 Å². The molecule has 28 N–H and O–H groups in total. The maximum atomic E-state index is 5.95. The van der Waals surface area contributed by atoms with Crippen LogP contribution in [0.25, 0.3) is 0 Å². The molecule has 0 radical (unpaired) electrons. The van der Waals surface area contributed by atoms with E-state index in [9.17, 15) is 0 Å². The average molecular weight is 1560 g/mol. The monoisotopic (exact) mass is 1560 g/mol. The van der Waals surface area contributed by atoms with Gasteiger partial charge in [0.15, 0.2) is 0 Å². The fourth-order valence-electron chi connectivity index (χ4n) is 13.6. The van der Waals surface area contributed by atoms with Gasteiger partial charge in [-0.1, -0.05) is 161 Å². The zero-order chi connectivity index (χ0) is 79.4. The first kappa shape index (κ1) is 110. The number of hydrogen-bond donors (Lipinski definition) is 17. The summed E-state index contributed by atoms with van der Waals surface area (Å²) >= 11 is 0. The van der Waals surface area contributed by atoms with Gasteiger partial charge >= 0.3 is 0 Å². The van der Waals surface area contributed by atoms with Crippen molar-refractivity contribution in [2.45, 2.75) is 263 Å². The summed E-state index contributed by atoms with van der Waals surface area (Å²) in [4.78, 5) is 18.2. The molecule has 24 heteroatoms. The molecule has 0 heterocycles. The van der Waals surface area contributed by atoms with Gasteiger partial charge < -0.3 is 115 Å². The Hall–Kier alpha value is -0.960. The standard InChI is InChI=1S/C44H99N9.C34H85N15.C4H8.C3H6/c45-29-17-9-6-14-22-37-51(42-27-35-50-34-25-32-48)36-20-12-4-2-1-3-5-13-21-40-53(41-26-33-49)44-28-43-52(38-23-15-7-10-18-30-46)39-24-16-8-11-19-31-47;35-7-16-43-20-28-48(34-32-47(25-11-39)26-12-40)27-19-42-15-4-1-3-13-41-14-5-2-6-23-46(24-10-38)31-33-49(29-21-44-17-8-36)30-22-45-18-9-37;1-2-4-3-1;1-2-3-1/h50H,1-49H2;41-45H,1-40H2;1-4H2;1-3H2. The van der Waals surface area contributed by atoms with Gasteiger partial charge in [0.05, 0.1) is 0 Å². The third-order valence-corrected chi connectivity index (χ3v) is 21.1. The largest absolute Gasteiger partial charge is 0.330 e. The normalized spacial score (nSPS) is 12.8. The number of nitrogens with two attached hydrogens (primary N) is 11. The van der Waals surface area contributed by atoms with E-state index in [0.29, 0.717) is 39.3 Å². The van der Waals surface area contributed by atoms with Crippen molar-refractivity contribution >= 4 is 0 Å². The third-order valence-electron chi connectivity index (χ3n) is 21.1. The van der Waals surface area contributed by atoms with Crippen LogP contribution in [0.15, 0.2) is 0 Å². The Morgan fingerprint density at radius 3 is 0.596 bits per heavy atom. The Balaban J connectivity index is 0. The molecule has 0 saturated heterocycles. The van der Waals surface area contributed by atoms with E-state index in [-0.39, 0.29) is 0 Å². The first-order valence-electron chi connectivity index (χ1n) is 46.9. The molecule has 0 bridgehead atoms. The van der Waals surface area contributed by atoms with Crippen molar-refractivity contribution in [1.82, 2.24) is 66.2 Å². The highest BCUT2D eigenvalue weighted by Gasteiger charge is 2.14. The smallest absolute Gasteiger partial charge is 0.0110 e. The first-order chi connectivity index (χ1) is 53.9. The van der Waals surface area contributed by atoms with Crippen molar-refractivity contribution < 1.29 is 0 Å². The maximum absolute atomic E-state index is 5.95. The van der Waals surface area contributed by atoms with Crippen LogP contribution in [0.3, 0.4) is 0 Å². The molecule has 0 atom stereocenters. The van der Waals surface area contributed by atoms with E-state index >= 15 is 0 Å².